The van der Waals surface area contributed by atoms with Gasteiger partial charge in [0.05, 0.1) is 18.1 Å². The number of Topliss-reactive ketones (excluding diaryl/α,β-unsaturated/α-hetero) is 1. The topological polar surface area (TPSA) is 130 Å². The zero-order valence-electron chi connectivity index (χ0n) is 23.7. The van der Waals surface area contributed by atoms with E-state index < -0.39 is 76.3 Å². The molecule has 0 aromatic carbocycles. The van der Waals surface area contributed by atoms with Crippen molar-refractivity contribution in [1.82, 2.24) is 0 Å². The highest BCUT2D eigenvalue weighted by atomic mass is 16.6. The van der Waals surface area contributed by atoms with Crippen LogP contribution in [0.15, 0.2) is 34.9 Å². The van der Waals surface area contributed by atoms with Crippen LogP contribution in [-0.2, 0) is 23.9 Å². The Morgan fingerprint density at radius 1 is 1.24 bits per heavy atom. The van der Waals surface area contributed by atoms with Gasteiger partial charge in [0.1, 0.15) is 11.7 Å². The van der Waals surface area contributed by atoms with E-state index in [2.05, 4.69) is 0 Å². The Balaban J connectivity index is 1.95. The Morgan fingerprint density at radius 3 is 2.42 bits per heavy atom. The second-order valence-electron chi connectivity index (χ2n) is 12.5. The molecule has 38 heavy (non-hydrogen) atoms. The van der Waals surface area contributed by atoms with E-state index in [-0.39, 0.29) is 12.3 Å². The van der Waals surface area contributed by atoms with Crippen LogP contribution in [0.3, 0.4) is 0 Å². The highest BCUT2D eigenvalue weighted by Crippen LogP contribution is 2.77. The number of carbonyl (C=O) groups is 3. The first-order valence-electron chi connectivity index (χ1n) is 13.6. The maximum Gasteiger partial charge on any atom is 0.333 e. The van der Waals surface area contributed by atoms with Gasteiger partial charge in [-0.2, -0.15) is 0 Å². The fourth-order valence-corrected chi connectivity index (χ4v) is 7.58. The molecule has 8 nitrogen and oxygen atoms in total. The molecule has 0 bridgehead atoms. The molecule has 0 aromatic rings. The predicted octanol–water partition coefficient (Wildman–Crippen LogP) is 3.04. The largest absolute Gasteiger partial charge is 0.454 e. The SMILES string of the molecule is C/C=C(/C)C(=O)O[C@@H]1[C@@H](C)[C@@]2(O)C(C=C(CO)C[C@]3(O)C(=O)C(C)=CC23)C2C(C)(C)[C@@]21OC(=O)C(C)CC. The van der Waals surface area contributed by atoms with Crippen LogP contribution in [0.5, 0.6) is 0 Å². The van der Waals surface area contributed by atoms with Crippen molar-refractivity contribution in [2.45, 2.75) is 91.1 Å². The van der Waals surface area contributed by atoms with E-state index in [0.29, 0.717) is 23.1 Å². The lowest BCUT2D eigenvalue weighted by Crippen LogP contribution is -2.66. The molecular weight excluding hydrogens is 488 g/mol. The van der Waals surface area contributed by atoms with E-state index in [9.17, 15) is 29.7 Å². The van der Waals surface area contributed by atoms with Crippen LogP contribution in [0.1, 0.15) is 68.2 Å². The minimum absolute atomic E-state index is 0.124. The second kappa shape index (κ2) is 9.14. The van der Waals surface area contributed by atoms with Crippen molar-refractivity contribution in [3.8, 4) is 0 Å². The minimum atomic E-state index is -1.95. The number of fused-ring (bicyclic) bond motifs is 5. The molecule has 0 aromatic heterocycles. The molecule has 0 saturated heterocycles. The van der Waals surface area contributed by atoms with Crippen LogP contribution >= 0.6 is 0 Å². The number of hydrogen-bond acceptors (Lipinski definition) is 8. The van der Waals surface area contributed by atoms with Crippen molar-refractivity contribution in [2.75, 3.05) is 6.61 Å². The Hall–Kier alpha value is -2.29. The zero-order valence-corrected chi connectivity index (χ0v) is 23.7. The van der Waals surface area contributed by atoms with E-state index in [4.69, 9.17) is 9.47 Å². The van der Waals surface area contributed by atoms with E-state index in [1.165, 1.54) is 0 Å². The van der Waals surface area contributed by atoms with Gasteiger partial charge in [-0.1, -0.05) is 52.8 Å². The summed E-state index contributed by atoms with van der Waals surface area (Å²) in [6.07, 6.45) is 4.40. The quantitative estimate of drug-likeness (QED) is 0.271. The molecular formula is C30H42O8. The predicted molar refractivity (Wildman–Crippen MR) is 139 cm³/mol. The molecule has 0 amide bonds. The van der Waals surface area contributed by atoms with Gasteiger partial charge in [-0.15, -0.1) is 0 Å². The van der Waals surface area contributed by atoms with Crippen molar-refractivity contribution in [1.29, 1.82) is 0 Å². The molecule has 9 atom stereocenters. The first-order valence-corrected chi connectivity index (χ1v) is 13.6. The highest BCUT2D eigenvalue weighted by Gasteiger charge is 2.88. The van der Waals surface area contributed by atoms with Gasteiger partial charge >= 0.3 is 11.9 Å². The van der Waals surface area contributed by atoms with Gasteiger partial charge in [-0.05, 0) is 38.3 Å². The lowest BCUT2D eigenvalue weighted by molar-refractivity contribution is -0.228. The number of ketones is 1. The van der Waals surface area contributed by atoms with Crippen molar-refractivity contribution >= 4 is 17.7 Å². The Bertz CT molecular complexity index is 1150. The maximum atomic E-state index is 13.3. The van der Waals surface area contributed by atoms with Gasteiger partial charge < -0.3 is 24.8 Å². The van der Waals surface area contributed by atoms with Crippen LogP contribution in [0.4, 0.5) is 0 Å². The smallest absolute Gasteiger partial charge is 0.333 e. The van der Waals surface area contributed by atoms with E-state index in [1.54, 1.807) is 52.8 Å². The van der Waals surface area contributed by atoms with Crippen LogP contribution in [0, 0.1) is 35.0 Å². The third-order valence-electron chi connectivity index (χ3n) is 10.2. The lowest BCUT2D eigenvalue weighted by atomic mass is 9.59. The summed E-state index contributed by atoms with van der Waals surface area (Å²) in [6.45, 7) is 13.8. The van der Waals surface area contributed by atoms with Gasteiger partial charge in [0.2, 0.25) is 0 Å². The normalized spacial score (nSPS) is 42.0. The van der Waals surface area contributed by atoms with E-state index in [1.807, 2.05) is 20.8 Å². The van der Waals surface area contributed by atoms with Crippen molar-refractivity contribution < 1.29 is 39.2 Å². The van der Waals surface area contributed by atoms with Crippen molar-refractivity contribution in [3.63, 3.8) is 0 Å². The molecule has 4 unspecified atom stereocenters. The second-order valence-corrected chi connectivity index (χ2v) is 12.5. The van der Waals surface area contributed by atoms with E-state index >= 15 is 0 Å². The fraction of sp³-hybridized carbons (Fsp3) is 0.700. The van der Waals surface area contributed by atoms with Crippen LogP contribution in [0.25, 0.3) is 0 Å². The summed E-state index contributed by atoms with van der Waals surface area (Å²) in [6, 6.07) is 0. The number of allylic oxidation sites excluding steroid dienone is 1. The summed E-state index contributed by atoms with van der Waals surface area (Å²) < 4.78 is 12.4. The highest BCUT2D eigenvalue weighted by molar-refractivity contribution is 6.04. The monoisotopic (exact) mass is 530 g/mol. The molecule has 4 aliphatic rings. The number of aliphatic hydroxyl groups is 3. The molecule has 3 N–H and O–H groups in total. The third kappa shape index (κ3) is 3.56. The van der Waals surface area contributed by atoms with E-state index in [0.717, 1.165) is 0 Å². The number of hydrogen-bond donors (Lipinski definition) is 3. The summed E-state index contributed by atoms with van der Waals surface area (Å²) in [4.78, 5) is 39.6. The van der Waals surface area contributed by atoms with Crippen molar-refractivity contribution in [3.05, 3.63) is 34.9 Å². The van der Waals surface area contributed by atoms with Gasteiger partial charge in [0.25, 0.3) is 0 Å². The lowest BCUT2D eigenvalue weighted by Gasteiger charge is -2.53. The summed E-state index contributed by atoms with van der Waals surface area (Å²) >= 11 is 0. The van der Waals surface area contributed by atoms with Gasteiger partial charge in [-0.3, -0.25) is 9.59 Å². The summed E-state index contributed by atoms with van der Waals surface area (Å²) in [5, 5.41) is 34.7. The molecule has 8 heteroatoms. The maximum absolute atomic E-state index is 13.3. The molecule has 0 heterocycles. The van der Waals surface area contributed by atoms with Crippen LogP contribution in [-0.4, -0.2) is 62.6 Å². The Kier molecular flexibility index (Phi) is 6.90. The third-order valence-corrected chi connectivity index (χ3v) is 10.2. The molecule has 210 valence electrons. The standard InChI is InChI=1S/C30H42O8/c1-9-15(3)25(33)37-24-18(6)29(36)20(22-27(7,8)30(22,24)38-26(34)16(4)10-2)12-19(14-31)13-28(35)21(29)11-17(5)23(28)32/h9,11-12,16,18,20-22,24,31,35-36H,10,13-14H2,1-8H3/b15-9-/t16?,18-,20?,21?,22?,24-,28-,29-,30-/m1/s1. The van der Waals surface area contributed by atoms with Gasteiger partial charge in [0.15, 0.2) is 11.4 Å². The van der Waals surface area contributed by atoms with Crippen LogP contribution in [0.2, 0.25) is 0 Å². The summed E-state index contributed by atoms with van der Waals surface area (Å²) in [5.74, 6) is -4.91. The Labute approximate surface area is 224 Å². The molecule has 0 spiro atoms. The molecule has 0 radical (unpaired) electrons. The summed E-state index contributed by atoms with van der Waals surface area (Å²) in [5.41, 5.74) is -4.51. The molecule has 2 fully saturated rings. The zero-order chi connectivity index (χ0) is 28.6. The first-order chi connectivity index (χ1) is 17.6. The average Bonchev–Trinajstić information content (AvgIpc) is 3.30. The Morgan fingerprint density at radius 2 is 1.87 bits per heavy atom. The number of aliphatic hydroxyl groups excluding tert-OH is 1. The molecule has 4 aliphatic carbocycles. The molecule has 0 aliphatic heterocycles. The number of carbonyl (C=O) groups excluding carboxylic acids is 3. The van der Waals surface area contributed by atoms with Gasteiger partial charge in [-0.25, -0.2) is 4.79 Å². The first kappa shape index (κ1) is 28.7. The van der Waals surface area contributed by atoms with Crippen LogP contribution < -0.4 is 0 Å². The summed E-state index contributed by atoms with van der Waals surface area (Å²) in [7, 11) is 0. The number of rotatable bonds is 6. The average molecular weight is 531 g/mol. The fourth-order valence-electron chi connectivity index (χ4n) is 7.58. The number of esters is 2. The molecule has 2 saturated carbocycles. The molecule has 4 rings (SSSR count). The van der Waals surface area contributed by atoms with Crippen molar-refractivity contribution in [2.24, 2.45) is 35.0 Å². The van der Waals surface area contributed by atoms with Gasteiger partial charge in [0, 0.05) is 41.1 Å². The minimum Gasteiger partial charge on any atom is -0.454 e. The number of ether oxygens (including phenoxy) is 2.